The molecule has 1 amide bonds. The molecule has 2 aromatic rings. The van der Waals surface area contributed by atoms with Crippen LogP contribution in [0.5, 0.6) is 0 Å². The summed E-state index contributed by atoms with van der Waals surface area (Å²) in [6, 6.07) is 7.03. The van der Waals surface area contributed by atoms with Gasteiger partial charge < -0.3 is 5.32 Å². The van der Waals surface area contributed by atoms with Crippen molar-refractivity contribution in [2.45, 2.75) is 33.2 Å². The number of rotatable bonds is 7. The van der Waals surface area contributed by atoms with E-state index in [1.807, 2.05) is 19.9 Å². The molecule has 0 radical (unpaired) electrons. The normalized spacial score (nSPS) is 11.5. The van der Waals surface area contributed by atoms with Gasteiger partial charge in [-0.1, -0.05) is 25.1 Å². The lowest BCUT2D eigenvalue weighted by molar-refractivity contribution is -0.383. The van der Waals surface area contributed by atoms with Gasteiger partial charge in [-0.15, -0.1) is 0 Å². The van der Waals surface area contributed by atoms with Crippen LogP contribution in [-0.2, 0) is 0 Å². The fraction of sp³-hybridized carbons (Fsp3) is 0.312. The maximum absolute atomic E-state index is 12.2. The van der Waals surface area contributed by atoms with Crippen LogP contribution in [0.3, 0.4) is 0 Å². The molecular formula is C16H20N6O3. The number of hydrogen-bond donors (Lipinski definition) is 3. The summed E-state index contributed by atoms with van der Waals surface area (Å²) in [4.78, 5) is 30.8. The van der Waals surface area contributed by atoms with Gasteiger partial charge >= 0.3 is 5.69 Å². The van der Waals surface area contributed by atoms with Crippen LogP contribution in [-0.4, -0.2) is 26.8 Å². The predicted molar refractivity (Wildman–Crippen MR) is 94.3 cm³/mol. The molecule has 0 saturated carbocycles. The van der Waals surface area contributed by atoms with Gasteiger partial charge in [-0.25, -0.2) is 9.97 Å². The van der Waals surface area contributed by atoms with Crippen LogP contribution in [0.2, 0.25) is 0 Å². The van der Waals surface area contributed by atoms with E-state index in [1.54, 1.807) is 25.1 Å². The molecule has 0 saturated heterocycles. The lowest BCUT2D eigenvalue weighted by Gasteiger charge is -2.14. The third-order valence-corrected chi connectivity index (χ3v) is 3.68. The highest BCUT2D eigenvalue weighted by molar-refractivity contribution is 5.96. The zero-order valence-corrected chi connectivity index (χ0v) is 14.2. The van der Waals surface area contributed by atoms with Gasteiger partial charge in [0.25, 0.3) is 5.91 Å². The number of nitrogens with one attached hydrogen (secondary N) is 3. The molecule has 1 atom stereocenters. The molecule has 1 unspecified atom stereocenters. The van der Waals surface area contributed by atoms with E-state index in [2.05, 4.69) is 26.1 Å². The van der Waals surface area contributed by atoms with Crippen LogP contribution in [0, 0.1) is 17.0 Å². The Labute approximate surface area is 145 Å². The van der Waals surface area contributed by atoms with Crippen LogP contribution in [0.25, 0.3) is 0 Å². The van der Waals surface area contributed by atoms with Crippen molar-refractivity contribution in [2.24, 2.45) is 0 Å². The molecule has 1 aromatic carbocycles. The number of carbonyl (C=O) groups is 1. The Kier molecular flexibility index (Phi) is 5.83. The van der Waals surface area contributed by atoms with E-state index in [4.69, 9.17) is 0 Å². The van der Waals surface area contributed by atoms with Crippen LogP contribution in [0.4, 0.5) is 17.3 Å². The van der Waals surface area contributed by atoms with Crippen LogP contribution < -0.4 is 16.2 Å². The smallest absolute Gasteiger partial charge is 0.354 e. The summed E-state index contributed by atoms with van der Waals surface area (Å²) in [6.45, 7) is 5.64. The van der Waals surface area contributed by atoms with Crippen LogP contribution in [0.1, 0.15) is 36.2 Å². The third-order valence-electron chi connectivity index (χ3n) is 3.68. The Balaban J connectivity index is 2.21. The maximum Gasteiger partial charge on any atom is 0.354 e. The van der Waals surface area contributed by atoms with E-state index < -0.39 is 10.8 Å². The molecule has 2 rings (SSSR count). The molecule has 3 N–H and O–H groups in total. The van der Waals surface area contributed by atoms with E-state index in [0.717, 1.165) is 12.0 Å². The lowest BCUT2D eigenvalue weighted by Crippen LogP contribution is -2.31. The number of benzene rings is 1. The molecule has 132 valence electrons. The van der Waals surface area contributed by atoms with Crippen molar-refractivity contribution in [3.05, 3.63) is 51.8 Å². The van der Waals surface area contributed by atoms with Gasteiger partial charge in [0.1, 0.15) is 6.33 Å². The molecule has 0 fully saturated rings. The predicted octanol–water partition coefficient (Wildman–Crippen LogP) is 2.66. The Morgan fingerprint density at radius 2 is 1.96 bits per heavy atom. The van der Waals surface area contributed by atoms with Gasteiger partial charge in [0.2, 0.25) is 11.6 Å². The Hall–Kier alpha value is -3.23. The van der Waals surface area contributed by atoms with Gasteiger partial charge in [-0.3, -0.25) is 25.8 Å². The Morgan fingerprint density at radius 1 is 1.28 bits per heavy atom. The highest BCUT2D eigenvalue weighted by Crippen LogP contribution is 2.29. The van der Waals surface area contributed by atoms with E-state index in [1.165, 1.54) is 6.33 Å². The Bertz CT molecular complexity index is 780. The molecular weight excluding hydrogens is 324 g/mol. The van der Waals surface area contributed by atoms with Gasteiger partial charge in [-0.2, -0.15) is 0 Å². The molecule has 25 heavy (non-hydrogen) atoms. The zero-order valence-electron chi connectivity index (χ0n) is 14.2. The van der Waals surface area contributed by atoms with Crippen molar-refractivity contribution >= 4 is 23.2 Å². The molecule has 1 aromatic heterocycles. The van der Waals surface area contributed by atoms with Crippen molar-refractivity contribution in [1.29, 1.82) is 0 Å². The summed E-state index contributed by atoms with van der Waals surface area (Å²) < 4.78 is 0. The van der Waals surface area contributed by atoms with Gasteiger partial charge in [0.05, 0.1) is 4.92 Å². The number of hydrogen-bond acceptors (Lipinski definition) is 7. The van der Waals surface area contributed by atoms with Gasteiger partial charge in [-0.05, 0) is 31.9 Å². The minimum Gasteiger partial charge on any atom is -0.362 e. The highest BCUT2D eigenvalue weighted by Gasteiger charge is 2.24. The standard InChI is InChI=1S/C16H20N6O3/c1-4-11(3)19-14-13(22(24)25)15(18-9-17-14)20-21-16(23)12-8-6-5-7-10(12)2/h5-9,11H,4H2,1-3H3,(H,21,23)(H2,17,18,19,20). The number of carbonyl (C=O) groups excluding carboxylic acids is 1. The van der Waals surface area contributed by atoms with E-state index in [0.29, 0.717) is 5.56 Å². The highest BCUT2D eigenvalue weighted by atomic mass is 16.6. The van der Waals surface area contributed by atoms with Crippen molar-refractivity contribution in [2.75, 3.05) is 10.7 Å². The molecule has 0 aliphatic heterocycles. The molecule has 9 nitrogen and oxygen atoms in total. The Morgan fingerprint density at radius 3 is 2.60 bits per heavy atom. The molecule has 0 bridgehead atoms. The maximum atomic E-state index is 12.2. The van der Waals surface area contributed by atoms with E-state index in [-0.39, 0.29) is 23.4 Å². The van der Waals surface area contributed by atoms with Crippen molar-refractivity contribution < 1.29 is 9.72 Å². The third kappa shape index (κ3) is 4.40. The molecule has 9 heteroatoms. The second-order valence-electron chi connectivity index (χ2n) is 5.52. The van der Waals surface area contributed by atoms with Gasteiger partial charge in [0.15, 0.2) is 0 Å². The SMILES string of the molecule is CCC(C)Nc1ncnc(NNC(=O)c2ccccc2C)c1[N+](=O)[O-]. The summed E-state index contributed by atoms with van der Waals surface area (Å²) in [6.07, 6.45) is 1.97. The fourth-order valence-corrected chi connectivity index (χ4v) is 2.10. The lowest BCUT2D eigenvalue weighted by atomic mass is 10.1. The minimum absolute atomic E-state index is 0.00279. The zero-order chi connectivity index (χ0) is 18.4. The molecule has 0 aliphatic rings. The van der Waals surface area contributed by atoms with Crippen LogP contribution in [0.15, 0.2) is 30.6 Å². The average Bonchev–Trinajstić information content (AvgIpc) is 2.59. The molecule has 0 spiro atoms. The molecule has 1 heterocycles. The quantitative estimate of drug-likeness (QED) is 0.521. The van der Waals surface area contributed by atoms with E-state index >= 15 is 0 Å². The second-order valence-corrected chi connectivity index (χ2v) is 5.52. The molecule has 0 aliphatic carbocycles. The van der Waals surface area contributed by atoms with Gasteiger partial charge in [0, 0.05) is 11.6 Å². The number of aryl methyl sites for hydroxylation is 1. The number of amides is 1. The monoisotopic (exact) mass is 344 g/mol. The van der Waals surface area contributed by atoms with Crippen molar-refractivity contribution in [3.63, 3.8) is 0 Å². The summed E-state index contributed by atoms with van der Waals surface area (Å²) >= 11 is 0. The first-order chi connectivity index (χ1) is 11.9. The minimum atomic E-state index is -0.590. The summed E-state index contributed by atoms with van der Waals surface area (Å²) in [7, 11) is 0. The summed E-state index contributed by atoms with van der Waals surface area (Å²) in [5.41, 5.74) is 5.88. The van der Waals surface area contributed by atoms with Crippen LogP contribution >= 0.6 is 0 Å². The first kappa shape index (κ1) is 18.1. The first-order valence-electron chi connectivity index (χ1n) is 7.82. The topological polar surface area (TPSA) is 122 Å². The number of nitrogens with zero attached hydrogens (tertiary/aromatic N) is 3. The number of aromatic nitrogens is 2. The average molecular weight is 344 g/mol. The van der Waals surface area contributed by atoms with Crippen molar-refractivity contribution in [1.82, 2.24) is 15.4 Å². The number of hydrazine groups is 1. The fourth-order valence-electron chi connectivity index (χ4n) is 2.10. The largest absolute Gasteiger partial charge is 0.362 e. The summed E-state index contributed by atoms with van der Waals surface area (Å²) in [5, 5.41) is 14.4. The van der Waals surface area contributed by atoms with Crippen molar-refractivity contribution in [3.8, 4) is 0 Å². The van der Waals surface area contributed by atoms with E-state index in [9.17, 15) is 14.9 Å². The second kappa shape index (κ2) is 8.04. The first-order valence-corrected chi connectivity index (χ1v) is 7.82. The number of nitro groups is 1. The number of anilines is 2. The summed E-state index contributed by atoms with van der Waals surface area (Å²) in [5.74, 6) is -0.405.